The smallest absolute Gasteiger partial charge is 0.228 e. The number of H-pyrrole nitrogens is 1. The van der Waals surface area contributed by atoms with Gasteiger partial charge in [0.2, 0.25) is 5.91 Å². The molecule has 1 N–H and O–H groups in total. The molecule has 0 spiro atoms. The number of fused-ring (bicyclic) bond motifs is 1. The van der Waals surface area contributed by atoms with Crippen LogP contribution in [0.25, 0.3) is 10.9 Å². The molecular weight excluding hydrogens is 328 g/mol. The summed E-state index contributed by atoms with van der Waals surface area (Å²) in [6.07, 6.45) is 4.11. The molecule has 3 aromatic rings. The summed E-state index contributed by atoms with van der Waals surface area (Å²) in [4.78, 5) is 18.9. The number of likely N-dealkylation sites (tertiary alicyclic amines) is 1. The lowest BCUT2D eigenvalue weighted by Gasteiger charge is -2.32. The Balaban J connectivity index is 1.35. The van der Waals surface area contributed by atoms with E-state index in [4.69, 9.17) is 4.74 Å². The van der Waals surface area contributed by atoms with Gasteiger partial charge in [-0.15, -0.1) is 0 Å². The molecule has 1 aliphatic rings. The minimum atomic E-state index is 0.0632. The Bertz CT molecular complexity index is 878. The van der Waals surface area contributed by atoms with Crippen LogP contribution in [0.3, 0.4) is 0 Å². The minimum absolute atomic E-state index is 0.0632. The molecule has 6 nitrogen and oxygen atoms in total. The van der Waals surface area contributed by atoms with Crippen LogP contribution in [0, 0.1) is 0 Å². The third-order valence-electron chi connectivity index (χ3n) is 4.79. The fourth-order valence-corrected chi connectivity index (χ4v) is 3.40. The Labute approximate surface area is 152 Å². The van der Waals surface area contributed by atoms with E-state index in [-0.39, 0.29) is 12.0 Å². The number of pyridine rings is 1. The molecule has 1 saturated heterocycles. The summed E-state index contributed by atoms with van der Waals surface area (Å²) in [6.45, 7) is 1.91. The van der Waals surface area contributed by atoms with Crippen molar-refractivity contribution in [2.45, 2.75) is 32.0 Å². The van der Waals surface area contributed by atoms with E-state index in [0.29, 0.717) is 19.6 Å². The number of carbonyl (C=O) groups is 1. The molecule has 1 aliphatic heterocycles. The maximum absolute atomic E-state index is 12.7. The van der Waals surface area contributed by atoms with Gasteiger partial charge in [0.1, 0.15) is 0 Å². The third kappa shape index (κ3) is 3.75. The summed E-state index contributed by atoms with van der Waals surface area (Å²) in [7, 11) is 0. The maximum Gasteiger partial charge on any atom is 0.228 e. The van der Waals surface area contributed by atoms with Crippen molar-refractivity contribution < 1.29 is 9.53 Å². The minimum Gasteiger partial charge on any atom is -0.370 e. The summed E-state index contributed by atoms with van der Waals surface area (Å²) < 4.78 is 5.98. The molecule has 0 aliphatic carbocycles. The van der Waals surface area contributed by atoms with Gasteiger partial charge in [0.25, 0.3) is 0 Å². The number of piperidine rings is 1. The van der Waals surface area contributed by atoms with Crippen molar-refractivity contribution in [3.05, 3.63) is 60.0 Å². The highest BCUT2D eigenvalue weighted by atomic mass is 16.5. The summed E-state index contributed by atoms with van der Waals surface area (Å²) >= 11 is 0. The lowest BCUT2D eigenvalue weighted by atomic mass is 10.1. The molecule has 1 unspecified atom stereocenters. The number of nitrogens with zero attached hydrogens (tertiary/aromatic N) is 3. The summed E-state index contributed by atoms with van der Waals surface area (Å²) in [5.74, 6) is 0.116. The van der Waals surface area contributed by atoms with Gasteiger partial charge in [-0.2, -0.15) is 5.10 Å². The van der Waals surface area contributed by atoms with E-state index in [9.17, 15) is 4.79 Å². The zero-order valence-electron chi connectivity index (χ0n) is 14.6. The van der Waals surface area contributed by atoms with Gasteiger partial charge in [-0.3, -0.25) is 14.9 Å². The molecule has 3 heterocycles. The van der Waals surface area contributed by atoms with Crippen molar-refractivity contribution >= 4 is 16.8 Å². The second kappa shape index (κ2) is 7.66. The van der Waals surface area contributed by atoms with E-state index in [0.717, 1.165) is 41.7 Å². The lowest BCUT2D eigenvalue weighted by molar-refractivity contribution is -0.135. The second-order valence-corrected chi connectivity index (χ2v) is 6.63. The number of hydrogen-bond acceptors (Lipinski definition) is 4. The van der Waals surface area contributed by atoms with Gasteiger partial charge in [0.05, 0.1) is 36.0 Å². The molecule has 0 bridgehead atoms. The first kappa shape index (κ1) is 16.7. The van der Waals surface area contributed by atoms with Crippen LogP contribution in [0.2, 0.25) is 0 Å². The summed E-state index contributed by atoms with van der Waals surface area (Å²) in [6, 6.07) is 13.7. The van der Waals surface area contributed by atoms with Gasteiger partial charge in [0.15, 0.2) is 0 Å². The molecule has 4 rings (SSSR count). The Morgan fingerprint density at radius 1 is 1.23 bits per heavy atom. The Morgan fingerprint density at radius 3 is 3.00 bits per heavy atom. The molecule has 26 heavy (non-hydrogen) atoms. The Kier molecular flexibility index (Phi) is 4.93. The molecular formula is C20H22N4O2. The number of hydrogen-bond donors (Lipinski definition) is 1. The molecule has 1 amide bonds. The summed E-state index contributed by atoms with van der Waals surface area (Å²) in [5.41, 5.74) is 2.69. The lowest BCUT2D eigenvalue weighted by Crippen LogP contribution is -2.43. The van der Waals surface area contributed by atoms with Gasteiger partial charge in [0, 0.05) is 24.7 Å². The van der Waals surface area contributed by atoms with Crippen LogP contribution in [-0.4, -0.2) is 45.2 Å². The monoisotopic (exact) mass is 350 g/mol. The second-order valence-electron chi connectivity index (χ2n) is 6.63. The maximum atomic E-state index is 12.7. The standard InChI is InChI=1S/C20H22N4O2/c25-20(12-19-17-8-1-2-9-18(17)22-23-19)24-11-5-7-16(13-24)26-14-15-6-3-4-10-21-15/h1-4,6,8-10,16H,5,7,11-14H2,(H,22,23). The third-order valence-corrected chi connectivity index (χ3v) is 4.79. The molecule has 2 aromatic heterocycles. The van der Waals surface area contributed by atoms with Crippen molar-refractivity contribution in [3.63, 3.8) is 0 Å². The molecule has 0 saturated carbocycles. The first-order valence-corrected chi connectivity index (χ1v) is 9.01. The van der Waals surface area contributed by atoms with Crippen molar-refractivity contribution in [1.29, 1.82) is 0 Å². The normalized spacial score (nSPS) is 17.5. The Hall–Kier alpha value is -2.73. The number of nitrogens with one attached hydrogen (secondary N) is 1. The fourth-order valence-electron chi connectivity index (χ4n) is 3.40. The number of benzene rings is 1. The highest BCUT2D eigenvalue weighted by molar-refractivity contribution is 5.87. The molecule has 134 valence electrons. The molecule has 1 fully saturated rings. The quantitative estimate of drug-likeness (QED) is 0.768. The van der Waals surface area contributed by atoms with Crippen molar-refractivity contribution in [2.75, 3.05) is 13.1 Å². The number of amides is 1. The van der Waals surface area contributed by atoms with Crippen LogP contribution in [0.5, 0.6) is 0 Å². The average Bonchev–Trinajstić information content (AvgIpc) is 3.10. The molecule has 6 heteroatoms. The van der Waals surface area contributed by atoms with Crippen LogP contribution in [0.4, 0.5) is 0 Å². The first-order chi connectivity index (χ1) is 12.8. The van der Waals surface area contributed by atoms with Crippen LogP contribution in [-0.2, 0) is 22.6 Å². The molecule has 1 aromatic carbocycles. The van der Waals surface area contributed by atoms with Crippen molar-refractivity contribution in [1.82, 2.24) is 20.1 Å². The van der Waals surface area contributed by atoms with Crippen molar-refractivity contribution in [2.24, 2.45) is 0 Å². The predicted molar refractivity (Wildman–Crippen MR) is 98.4 cm³/mol. The number of rotatable bonds is 5. The van der Waals surface area contributed by atoms with Crippen molar-refractivity contribution in [3.8, 4) is 0 Å². The van der Waals surface area contributed by atoms with Crippen LogP contribution in [0.15, 0.2) is 48.7 Å². The molecule has 0 radical (unpaired) electrons. The number of ether oxygens (including phenoxy) is 1. The zero-order valence-corrected chi connectivity index (χ0v) is 14.6. The van der Waals surface area contributed by atoms with E-state index in [1.807, 2.05) is 47.4 Å². The van der Waals surface area contributed by atoms with E-state index in [1.54, 1.807) is 6.20 Å². The van der Waals surface area contributed by atoms with E-state index in [2.05, 4.69) is 15.2 Å². The van der Waals surface area contributed by atoms with Gasteiger partial charge in [-0.1, -0.05) is 24.3 Å². The van der Waals surface area contributed by atoms with E-state index < -0.39 is 0 Å². The number of aromatic nitrogens is 3. The van der Waals surface area contributed by atoms with E-state index in [1.165, 1.54) is 0 Å². The van der Waals surface area contributed by atoms with Crippen LogP contribution < -0.4 is 0 Å². The topological polar surface area (TPSA) is 71.1 Å². The summed E-state index contributed by atoms with van der Waals surface area (Å²) in [5, 5.41) is 8.29. The Morgan fingerprint density at radius 2 is 2.12 bits per heavy atom. The SMILES string of the molecule is O=C(Cc1[nH]nc2ccccc12)N1CCCC(OCc2ccccn2)C1. The zero-order chi connectivity index (χ0) is 17.8. The van der Waals surface area contributed by atoms with Gasteiger partial charge < -0.3 is 9.64 Å². The largest absolute Gasteiger partial charge is 0.370 e. The van der Waals surface area contributed by atoms with Crippen LogP contribution in [0.1, 0.15) is 24.2 Å². The predicted octanol–water partition coefficient (Wildman–Crippen LogP) is 2.71. The number of para-hydroxylation sites is 1. The van der Waals surface area contributed by atoms with Crippen LogP contribution >= 0.6 is 0 Å². The first-order valence-electron chi connectivity index (χ1n) is 9.01. The van der Waals surface area contributed by atoms with Gasteiger partial charge >= 0.3 is 0 Å². The fraction of sp³-hybridized carbons (Fsp3) is 0.350. The number of aromatic amines is 1. The van der Waals surface area contributed by atoms with Gasteiger partial charge in [-0.25, -0.2) is 0 Å². The molecule has 1 atom stereocenters. The number of carbonyl (C=O) groups excluding carboxylic acids is 1. The average molecular weight is 350 g/mol. The highest BCUT2D eigenvalue weighted by Gasteiger charge is 2.25. The highest BCUT2D eigenvalue weighted by Crippen LogP contribution is 2.19. The van der Waals surface area contributed by atoms with Gasteiger partial charge in [-0.05, 0) is 31.0 Å². The van der Waals surface area contributed by atoms with E-state index >= 15 is 0 Å².